The molecule has 0 saturated carbocycles. The lowest BCUT2D eigenvalue weighted by Gasteiger charge is -2.12. The van der Waals surface area contributed by atoms with E-state index in [4.69, 9.17) is 24.9 Å². The topological polar surface area (TPSA) is 71.1 Å². The van der Waals surface area contributed by atoms with Gasteiger partial charge >= 0.3 is 5.97 Å². The van der Waals surface area contributed by atoms with Gasteiger partial charge in [0.05, 0.1) is 13.2 Å². The van der Waals surface area contributed by atoms with Gasteiger partial charge in [0.25, 0.3) is 14.8 Å². The van der Waals surface area contributed by atoms with E-state index in [1.54, 1.807) is 48.5 Å². The van der Waals surface area contributed by atoms with Crippen LogP contribution in [0.3, 0.4) is 0 Å². The summed E-state index contributed by atoms with van der Waals surface area (Å²) in [6.07, 6.45) is 5.46. The molecular formula is C19H17O6P. The van der Waals surface area contributed by atoms with Crippen molar-refractivity contribution in [2.75, 3.05) is 0 Å². The molecule has 0 N–H and O–H groups in total. The number of carbonyl (C=O) groups excluding carboxylic acids is 2. The lowest BCUT2D eigenvalue weighted by molar-refractivity contribution is -0.131. The molecule has 2 rings (SSSR count). The van der Waals surface area contributed by atoms with Crippen molar-refractivity contribution in [3.63, 3.8) is 0 Å². The van der Waals surface area contributed by atoms with E-state index in [2.05, 4.69) is 5.66 Å². The standard InChI is InChI=1S/C19H17O6P/c1-3-26(23-12-16-4-8-18(9-5-16)22-14-20)24-13-17-6-10-19(11-7-17)25-15(2)21/h1,4-11,14H,12-13H2,2H3. The Morgan fingerprint density at radius 3 is 1.92 bits per heavy atom. The first-order valence-corrected chi connectivity index (χ1v) is 8.77. The zero-order valence-corrected chi connectivity index (χ0v) is 15.0. The van der Waals surface area contributed by atoms with Crippen LogP contribution in [0.1, 0.15) is 18.1 Å². The van der Waals surface area contributed by atoms with E-state index in [-0.39, 0.29) is 19.2 Å². The Balaban J connectivity index is 1.80. The summed E-state index contributed by atoms with van der Waals surface area (Å²) in [6.45, 7) is 2.28. The largest absolute Gasteiger partial charge is 0.429 e. The first kappa shape index (κ1) is 19.6. The minimum atomic E-state index is -1.49. The molecule has 2 aromatic carbocycles. The first-order valence-electron chi connectivity index (χ1n) is 7.59. The summed E-state index contributed by atoms with van der Waals surface area (Å²) >= 11 is 0. The van der Waals surface area contributed by atoms with Crippen LogP contribution in [0, 0.1) is 12.1 Å². The molecule has 0 fully saturated rings. The highest BCUT2D eigenvalue weighted by Gasteiger charge is 2.09. The summed E-state index contributed by atoms with van der Waals surface area (Å²) in [5, 5.41) is 0. The molecule has 1 unspecified atom stereocenters. The molecule has 0 spiro atoms. The summed E-state index contributed by atoms with van der Waals surface area (Å²) in [4.78, 5) is 21.1. The van der Waals surface area contributed by atoms with E-state index in [0.29, 0.717) is 18.0 Å². The van der Waals surface area contributed by atoms with Gasteiger partial charge in [-0.25, -0.2) is 0 Å². The monoisotopic (exact) mass is 372 g/mol. The average Bonchev–Trinajstić information content (AvgIpc) is 2.64. The van der Waals surface area contributed by atoms with Crippen molar-refractivity contribution in [3.05, 3.63) is 59.7 Å². The maximum absolute atomic E-state index is 10.9. The Morgan fingerprint density at radius 2 is 1.50 bits per heavy atom. The van der Waals surface area contributed by atoms with Gasteiger partial charge in [0.15, 0.2) is 0 Å². The van der Waals surface area contributed by atoms with Crippen LogP contribution in [-0.4, -0.2) is 12.4 Å². The van der Waals surface area contributed by atoms with Gasteiger partial charge < -0.3 is 18.5 Å². The molecule has 1 atom stereocenters. The summed E-state index contributed by atoms with van der Waals surface area (Å²) in [6, 6.07) is 13.8. The Kier molecular flexibility index (Phi) is 7.78. The van der Waals surface area contributed by atoms with Crippen molar-refractivity contribution in [1.82, 2.24) is 0 Å². The Hall–Kier alpha value is -2.71. The van der Waals surface area contributed by atoms with E-state index in [9.17, 15) is 9.59 Å². The van der Waals surface area contributed by atoms with E-state index >= 15 is 0 Å². The quantitative estimate of drug-likeness (QED) is 0.219. The van der Waals surface area contributed by atoms with Gasteiger partial charge in [-0.15, -0.1) is 6.42 Å². The summed E-state index contributed by atoms with van der Waals surface area (Å²) in [5.74, 6) is 0.555. The second-order valence-electron chi connectivity index (χ2n) is 5.03. The fourth-order valence-electron chi connectivity index (χ4n) is 1.92. The van der Waals surface area contributed by atoms with Crippen LogP contribution in [0.5, 0.6) is 11.5 Å². The summed E-state index contributed by atoms with van der Waals surface area (Å²) < 4.78 is 20.9. The number of rotatable bonds is 9. The van der Waals surface area contributed by atoms with E-state index in [1.165, 1.54) is 6.92 Å². The molecule has 134 valence electrons. The molecule has 6 nitrogen and oxygen atoms in total. The van der Waals surface area contributed by atoms with Crippen LogP contribution in [-0.2, 0) is 31.9 Å². The average molecular weight is 372 g/mol. The third-order valence-corrected chi connectivity index (χ3v) is 4.03. The molecule has 0 bridgehead atoms. The number of ether oxygens (including phenoxy) is 2. The van der Waals surface area contributed by atoms with Gasteiger partial charge in [-0.1, -0.05) is 24.3 Å². The van der Waals surface area contributed by atoms with E-state index in [1.807, 2.05) is 0 Å². The second-order valence-corrected chi connectivity index (χ2v) is 6.32. The van der Waals surface area contributed by atoms with Crippen LogP contribution in [0.25, 0.3) is 0 Å². The van der Waals surface area contributed by atoms with Crippen LogP contribution in [0.4, 0.5) is 0 Å². The third kappa shape index (κ3) is 6.66. The minimum Gasteiger partial charge on any atom is -0.429 e. The predicted molar refractivity (Wildman–Crippen MR) is 96.2 cm³/mol. The Bertz CT molecular complexity index is 764. The summed E-state index contributed by atoms with van der Waals surface area (Å²) in [7, 11) is -1.49. The lowest BCUT2D eigenvalue weighted by atomic mass is 10.2. The maximum atomic E-state index is 10.9. The van der Waals surface area contributed by atoms with Gasteiger partial charge in [-0.2, -0.15) is 0 Å². The van der Waals surface area contributed by atoms with Crippen molar-refractivity contribution in [2.45, 2.75) is 20.1 Å². The van der Waals surface area contributed by atoms with Gasteiger partial charge in [0, 0.05) is 6.92 Å². The number of terminal acetylenes is 1. The van der Waals surface area contributed by atoms with Crippen molar-refractivity contribution in [3.8, 4) is 23.6 Å². The first-order chi connectivity index (χ1) is 12.6. The molecule has 0 heterocycles. The number of hydrogen-bond acceptors (Lipinski definition) is 6. The van der Waals surface area contributed by atoms with Crippen LogP contribution >= 0.6 is 8.38 Å². The van der Waals surface area contributed by atoms with Crippen molar-refractivity contribution in [2.24, 2.45) is 0 Å². The lowest BCUT2D eigenvalue weighted by Crippen LogP contribution is -2.01. The number of benzene rings is 2. The molecule has 0 amide bonds. The molecule has 0 aromatic heterocycles. The smallest absolute Gasteiger partial charge is 0.308 e. The second kappa shape index (κ2) is 10.3. The molecule has 0 aliphatic rings. The predicted octanol–water partition coefficient (Wildman–Crippen LogP) is 3.78. The molecule has 7 heteroatoms. The fourth-order valence-corrected chi connectivity index (χ4v) is 2.67. The highest BCUT2D eigenvalue weighted by molar-refractivity contribution is 7.52. The van der Waals surface area contributed by atoms with E-state index in [0.717, 1.165) is 11.1 Å². The Morgan fingerprint density at radius 1 is 1.00 bits per heavy atom. The van der Waals surface area contributed by atoms with Crippen molar-refractivity contribution < 1.29 is 28.1 Å². The van der Waals surface area contributed by atoms with Crippen LogP contribution in [0.15, 0.2) is 48.5 Å². The number of hydrogen-bond donors (Lipinski definition) is 0. The SMILES string of the molecule is C#CP(OCc1ccc(OC=O)cc1)OCc1ccc(OC(C)=O)cc1. The Labute approximate surface area is 152 Å². The highest BCUT2D eigenvalue weighted by Crippen LogP contribution is 2.38. The highest BCUT2D eigenvalue weighted by atomic mass is 31.2. The summed E-state index contributed by atoms with van der Waals surface area (Å²) in [5.41, 5.74) is 4.24. The molecule has 0 aliphatic carbocycles. The van der Waals surface area contributed by atoms with E-state index < -0.39 is 8.38 Å². The van der Waals surface area contributed by atoms with Gasteiger partial charge in [0.2, 0.25) is 0 Å². The number of esters is 1. The zero-order chi connectivity index (χ0) is 18.8. The molecule has 0 aliphatic heterocycles. The number of carbonyl (C=O) groups is 2. The minimum absolute atomic E-state index is 0.280. The van der Waals surface area contributed by atoms with Gasteiger partial charge in [-0.3, -0.25) is 9.59 Å². The molecule has 26 heavy (non-hydrogen) atoms. The molecule has 0 saturated heterocycles. The van der Waals surface area contributed by atoms with Crippen LogP contribution < -0.4 is 9.47 Å². The van der Waals surface area contributed by atoms with Gasteiger partial charge in [-0.05, 0) is 41.1 Å². The third-order valence-electron chi connectivity index (χ3n) is 3.09. The maximum Gasteiger partial charge on any atom is 0.308 e. The molecule has 0 radical (unpaired) electrons. The van der Waals surface area contributed by atoms with Crippen molar-refractivity contribution in [1.29, 1.82) is 0 Å². The van der Waals surface area contributed by atoms with Crippen LogP contribution in [0.2, 0.25) is 0 Å². The van der Waals surface area contributed by atoms with Gasteiger partial charge in [0.1, 0.15) is 11.5 Å². The fraction of sp³-hybridized carbons (Fsp3) is 0.158. The normalized spacial score (nSPS) is 11.2. The molecule has 2 aromatic rings. The molecular weight excluding hydrogens is 355 g/mol. The zero-order valence-electron chi connectivity index (χ0n) is 14.1. The van der Waals surface area contributed by atoms with Crippen molar-refractivity contribution >= 4 is 20.8 Å².